The molecule has 0 spiro atoms. The van der Waals surface area contributed by atoms with Crippen molar-refractivity contribution < 1.29 is 4.79 Å². The van der Waals surface area contributed by atoms with Gasteiger partial charge in [-0.15, -0.1) is 0 Å². The Labute approximate surface area is 86.4 Å². The van der Waals surface area contributed by atoms with Crippen molar-refractivity contribution in [2.75, 3.05) is 13.1 Å². The second-order valence-electron chi connectivity index (χ2n) is 4.94. The van der Waals surface area contributed by atoms with Gasteiger partial charge in [0.2, 0.25) is 5.91 Å². The van der Waals surface area contributed by atoms with E-state index in [4.69, 9.17) is 5.73 Å². The van der Waals surface area contributed by atoms with Gasteiger partial charge in [-0.2, -0.15) is 0 Å². The maximum absolute atomic E-state index is 11.3. The van der Waals surface area contributed by atoms with Gasteiger partial charge in [-0.3, -0.25) is 4.79 Å². The Hall–Kier alpha value is -0.570. The SMILES string of the molecule is CC1(C)CC1CNC(=O)CCCCN. The number of carbonyl (C=O) groups excluding carboxylic acids is 1. The van der Waals surface area contributed by atoms with Crippen LogP contribution in [0.4, 0.5) is 0 Å². The van der Waals surface area contributed by atoms with Crippen LogP contribution in [0.15, 0.2) is 0 Å². The second-order valence-corrected chi connectivity index (χ2v) is 4.94. The molecular formula is C11H22N2O. The Bertz CT molecular complexity index is 201. The highest BCUT2D eigenvalue weighted by atomic mass is 16.1. The van der Waals surface area contributed by atoms with E-state index in [0.717, 1.165) is 19.4 Å². The van der Waals surface area contributed by atoms with Gasteiger partial charge in [-0.05, 0) is 37.1 Å². The van der Waals surface area contributed by atoms with Crippen LogP contribution in [0.5, 0.6) is 0 Å². The van der Waals surface area contributed by atoms with E-state index in [9.17, 15) is 4.79 Å². The number of nitrogens with one attached hydrogen (secondary N) is 1. The molecule has 0 bridgehead atoms. The lowest BCUT2D eigenvalue weighted by molar-refractivity contribution is -0.121. The summed E-state index contributed by atoms with van der Waals surface area (Å²) < 4.78 is 0. The molecule has 82 valence electrons. The van der Waals surface area contributed by atoms with Gasteiger partial charge in [0.15, 0.2) is 0 Å². The Morgan fingerprint density at radius 3 is 2.64 bits per heavy atom. The quantitative estimate of drug-likeness (QED) is 0.632. The molecule has 0 aromatic rings. The molecule has 0 heterocycles. The number of amides is 1. The van der Waals surface area contributed by atoms with Crippen molar-refractivity contribution in [3.05, 3.63) is 0 Å². The van der Waals surface area contributed by atoms with Crippen molar-refractivity contribution in [2.24, 2.45) is 17.1 Å². The first-order valence-corrected chi connectivity index (χ1v) is 5.53. The zero-order valence-electron chi connectivity index (χ0n) is 9.31. The van der Waals surface area contributed by atoms with Crippen LogP contribution >= 0.6 is 0 Å². The van der Waals surface area contributed by atoms with Gasteiger partial charge in [-0.1, -0.05) is 13.8 Å². The van der Waals surface area contributed by atoms with Gasteiger partial charge in [0.05, 0.1) is 0 Å². The van der Waals surface area contributed by atoms with E-state index in [1.807, 2.05) is 0 Å². The molecule has 1 aliphatic carbocycles. The van der Waals surface area contributed by atoms with Gasteiger partial charge in [-0.25, -0.2) is 0 Å². The maximum atomic E-state index is 11.3. The summed E-state index contributed by atoms with van der Waals surface area (Å²) in [5, 5.41) is 2.98. The normalized spacial score (nSPS) is 23.2. The summed E-state index contributed by atoms with van der Waals surface area (Å²) in [6.45, 7) is 6.04. The molecule has 1 atom stereocenters. The van der Waals surface area contributed by atoms with Gasteiger partial charge >= 0.3 is 0 Å². The standard InChI is InChI=1S/C11H22N2O/c1-11(2)7-9(11)8-13-10(14)5-3-4-6-12/h9H,3-8,12H2,1-2H3,(H,13,14). The molecule has 1 fully saturated rings. The summed E-state index contributed by atoms with van der Waals surface area (Å²) >= 11 is 0. The van der Waals surface area contributed by atoms with Gasteiger partial charge in [0.1, 0.15) is 0 Å². The molecule has 0 radical (unpaired) electrons. The Morgan fingerprint density at radius 1 is 1.50 bits per heavy atom. The molecule has 1 unspecified atom stereocenters. The van der Waals surface area contributed by atoms with Crippen LogP contribution < -0.4 is 11.1 Å². The largest absolute Gasteiger partial charge is 0.356 e. The zero-order chi connectivity index (χ0) is 10.6. The van der Waals surface area contributed by atoms with Gasteiger partial charge in [0, 0.05) is 13.0 Å². The number of hydrogen-bond donors (Lipinski definition) is 2. The molecule has 1 saturated carbocycles. The Balaban J connectivity index is 1.99. The van der Waals surface area contributed by atoms with Crippen molar-refractivity contribution in [1.82, 2.24) is 5.32 Å². The van der Waals surface area contributed by atoms with Crippen molar-refractivity contribution in [3.8, 4) is 0 Å². The molecule has 3 N–H and O–H groups in total. The van der Waals surface area contributed by atoms with Crippen LogP contribution in [0.2, 0.25) is 0 Å². The first kappa shape index (κ1) is 11.5. The lowest BCUT2D eigenvalue weighted by Crippen LogP contribution is -2.26. The zero-order valence-corrected chi connectivity index (χ0v) is 9.31. The fourth-order valence-corrected chi connectivity index (χ4v) is 1.68. The van der Waals surface area contributed by atoms with Crippen LogP contribution in [0.3, 0.4) is 0 Å². The van der Waals surface area contributed by atoms with Gasteiger partial charge in [0.25, 0.3) is 0 Å². The molecular weight excluding hydrogens is 176 g/mol. The summed E-state index contributed by atoms with van der Waals surface area (Å²) in [4.78, 5) is 11.3. The topological polar surface area (TPSA) is 55.1 Å². The minimum atomic E-state index is 0.182. The van der Waals surface area contributed by atoms with E-state index < -0.39 is 0 Å². The average Bonchev–Trinajstić information content (AvgIpc) is 2.71. The summed E-state index contributed by atoms with van der Waals surface area (Å²) in [6, 6.07) is 0. The summed E-state index contributed by atoms with van der Waals surface area (Å²) in [7, 11) is 0. The van der Waals surface area contributed by atoms with E-state index in [1.165, 1.54) is 6.42 Å². The molecule has 1 amide bonds. The predicted molar refractivity (Wildman–Crippen MR) is 57.8 cm³/mol. The van der Waals surface area contributed by atoms with E-state index >= 15 is 0 Å². The average molecular weight is 198 g/mol. The maximum Gasteiger partial charge on any atom is 0.220 e. The fraction of sp³-hybridized carbons (Fsp3) is 0.909. The van der Waals surface area contributed by atoms with Crippen LogP contribution in [-0.2, 0) is 4.79 Å². The number of carbonyl (C=O) groups is 1. The lowest BCUT2D eigenvalue weighted by atomic mass is 10.1. The molecule has 0 aliphatic heterocycles. The molecule has 1 rings (SSSR count). The molecule has 3 heteroatoms. The third-order valence-corrected chi connectivity index (χ3v) is 3.12. The number of nitrogens with two attached hydrogens (primary N) is 1. The fourth-order valence-electron chi connectivity index (χ4n) is 1.68. The second kappa shape index (κ2) is 4.78. The van der Waals surface area contributed by atoms with Crippen molar-refractivity contribution in [1.29, 1.82) is 0 Å². The number of hydrogen-bond acceptors (Lipinski definition) is 2. The van der Waals surface area contributed by atoms with E-state index in [1.54, 1.807) is 0 Å². The minimum absolute atomic E-state index is 0.182. The minimum Gasteiger partial charge on any atom is -0.356 e. The highest BCUT2D eigenvalue weighted by Crippen LogP contribution is 2.50. The first-order chi connectivity index (χ1) is 6.56. The molecule has 14 heavy (non-hydrogen) atoms. The summed E-state index contributed by atoms with van der Waals surface area (Å²) in [5.74, 6) is 0.877. The monoisotopic (exact) mass is 198 g/mol. The van der Waals surface area contributed by atoms with E-state index in [-0.39, 0.29) is 5.91 Å². The van der Waals surface area contributed by atoms with E-state index in [2.05, 4.69) is 19.2 Å². The predicted octanol–water partition coefficient (Wildman–Crippen LogP) is 1.28. The third-order valence-electron chi connectivity index (χ3n) is 3.12. The molecule has 0 aromatic carbocycles. The third kappa shape index (κ3) is 3.66. The number of unbranched alkanes of at least 4 members (excludes halogenated alkanes) is 1. The van der Waals surface area contributed by atoms with Crippen LogP contribution in [-0.4, -0.2) is 19.0 Å². The molecule has 1 aliphatic rings. The van der Waals surface area contributed by atoms with E-state index in [0.29, 0.717) is 24.3 Å². The highest BCUT2D eigenvalue weighted by Gasteiger charge is 2.45. The number of rotatable bonds is 6. The van der Waals surface area contributed by atoms with Crippen molar-refractivity contribution >= 4 is 5.91 Å². The lowest BCUT2D eigenvalue weighted by Gasteiger charge is -2.06. The first-order valence-electron chi connectivity index (χ1n) is 5.53. The smallest absolute Gasteiger partial charge is 0.220 e. The highest BCUT2D eigenvalue weighted by molar-refractivity contribution is 5.75. The summed E-state index contributed by atoms with van der Waals surface area (Å²) in [6.07, 6.45) is 3.74. The Kier molecular flexibility index (Phi) is 3.93. The molecule has 3 nitrogen and oxygen atoms in total. The van der Waals surface area contributed by atoms with Gasteiger partial charge < -0.3 is 11.1 Å². The Morgan fingerprint density at radius 2 is 2.14 bits per heavy atom. The molecule has 0 aromatic heterocycles. The van der Waals surface area contributed by atoms with Crippen molar-refractivity contribution in [2.45, 2.75) is 39.5 Å². The summed E-state index contributed by atoms with van der Waals surface area (Å²) in [5.41, 5.74) is 5.81. The van der Waals surface area contributed by atoms with Crippen molar-refractivity contribution in [3.63, 3.8) is 0 Å². The van der Waals surface area contributed by atoms with Crippen LogP contribution in [0.1, 0.15) is 39.5 Å². The molecule has 0 saturated heterocycles. The van der Waals surface area contributed by atoms with Crippen LogP contribution in [0, 0.1) is 11.3 Å². The van der Waals surface area contributed by atoms with Crippen LogP contribution in [0.25, 0.3) is 0 Å².